The molecule has 0 spiro atoms. The van der Waals surface area contributed by atoms with E-state index in [1.54, 1.807) is 0 Å². The molecule has 21 heavy (non-hydrogen) atoms. The molecule has 4 N–H and O–H groups in total. The topological polar surface area (TPSA) is 128 Å². The summed E-state index contributed by atoms with van der Waals surface area (Å²) in [6, 6.07) is 4.00. The maximum Gasteiger partial charge on any atom is 0.243 e. The maximum absolute atomic E-state index is 13.7. The van der Waals surface area contributed by atoms with Crippen molar-refractivity contribution in [1.82, 2.24) is 25.5 Å². The summed E-state index contributed by atoms with van der Waals surface area (Å²) in [7, 11) is 0. The van der Waals surface area contributed by atoms with E-state index in [2.05, 4.69) is 26.2 Å². The lowest BCUT2D eigenvalue weighted by atomic mass is 10.2. The summed E-state index contributed by atoms with van der Waals surface area (Å²) < 4.78 is 15.0. The van der Waals surface area contributed by atoms with Crippen molar-refractivity contribution >= 4 is 17.5 Å². The highest BCUT2D eigenvalue weighted by atomic mass is 19.1. The van der Waals surface area contributed by atoms with Gasteiger partial charge < -0.3 is 16.4 Å². The van der Waals surface area contributed by atoms with Gasteiger partial charge in [0, 0.05) is 0 Å². The first-order valence-electron chi connectivity index (χ1n) is 5.89. The summed E-state index contributed by atoms with van der Waals surface area (Å²) in [6.07, 6.45) is 1.33. The third-order valence-corrected chi connectivity index (χ3v) is 2.47. The van der Waals surface area contributed by atoms with Crippen LogP contribution in [0.2, 0.25) is 0 Å². The molecule has 0 unspecified atom stereocenters. The van der Waals surface area contributed by atoms with Crippen LogP contribution in [0.3, 0.4) is 0 Å². The van der Waals surface area contributed by atoms with E-state index < -0.39 is 17.6 Å². The van der Waals surface area contributed by atoms with Gasteiger partial charge in [-0.1, -0.05) is 0 Å². The van der Waals surface area contributed by atoms with E-state index in [9.17, 15) is 14.0 Å². The number of tetrazole rings is 1. The first-order valence-corrected chi connectivity index (χ1v) is 5.89. The van der Waals surface area contributed by atoms with E-state index in [-0.39, 0.29) is 18.8 Å². The Morgan fingerprint density at radius 3 is 2.81 bits per heavy atom. The number of nitrogens with two attached hydrogens (primary N) is 1. The fourth-order valence-corrected chi connectivity index (χ4v) is 1.48. The number of rotatable bonds is 5. The smallest absolute Gasteiger partial charge is 0.243 e. The molecule has 1 aromatic carbocycles. The van der Waals surface area contributed by atoms with Gasteiger partial charge >= 0.3 is 0 Å². The van der Waals surface area contributed by atoms with Crippen LogP contribution in [0.25, 0.3) is 5.69 Å². The summed E-state index contributed by atoms with van der Waals surface area (Å²) in [5.41, 5.74) is 5.51. The third-order valence-electron chi connectivity index (χ3n) is 2.47. The molecule has 2 aromatic rings. The molecule has 0 atom stereocenters. The molecule has 9 nitrogen and oxygen atoms in total. The van der Waals surface area contributed by atoms with Crippen molar-refractivity contribution in [3.05, 3.63) is 30.3 Å². The SMILES string of the molecule is NCC(=O)NCC(=O)Nc1cc(-n2cnnn2)ccc1F. The lowest BCUT2D eigenvalue weighted by Gasteiger charge is -2.09. The zero-order chi connectivity index (χ0) is 15.2. The van der Waals surface area contributed by atoms with E-state index in [1.165, 1.54) is 29.2 Å². The minimum Gasteiger partial charge on any atom is -0.346 e. The fraction of sp³-hybridized carbons (Fsp3) is 0.182. The minimum atomic E-state index is -0.620. The molecule has 2 rings (SSSR count). The monoisotopic (exact) mass is 293 g/mol. The molecule has 0 aliphatic carbocycles. The van der Waals surface area contributed by atoms with Crippen molar-refractivity contribution in [1.29, 1.82) is 0 Å². The molecule has 0 aliphatic heterocycles. The van der Waals surface area contributed by atoms with Crippen molar-refractivity contribution in [3.8, 4) is 5.69 Å². The maximum atomic E-state index is 13.7. The van der Waals surface area contributed by atoms with Crippen LogP contribution >= 0.6 is 0 Å². The van der Waals surface area contributed by atoms with Crippen molar-refractivity contribution in [3.63, 3.8) is 0 Å². The molecule has 0 fully saturated rings. The van der Waals surface area contributed by atoms with E-state index >= 15 is 0 Å². The molecule has 1 heterocycles. The summed E-state index contributed by atoms with van der Waals surface area (Å²) in [4.78, 5) is 22.5. The van der Waals surface area contributed by atoms with Gasteiger partial charge in [-0.05, 0) is 28.6 Å². The molecule has 1 aromatic heterocycles. The molecular formula is C11H12FN7O2. The number of aromatic nitrogens is 4. The zero-order valence-electron chi connectivity index (χ0n) is 10.8. The predicted molar refractivity (Wildman–Crippen MR) is 69.8 cm³/mol. The van der Waals surface area contributed by atoms with E-state index in [0.717, 1.165) is 0 Å². The second kappa shape index (κ2) is 6.52. The Morgan fingerprint density at radius 2 is 2.14 bits per heavy atom. The Hall–Kier alpha value is -2.88. The number of carbonyl (C=O) groups is 2. The number of amides is 2. The van der Waals surface area contributed by atoms with Crippen molar-refractivity contribution in [2.75, 3.05) is 18.4 Å². The summed E-state index contributed by atoms with van der Waals surface area (Å²) in [5.74, 6) is -1.68. The van der Waals surface area contributed by atoms with Gasteiger partial charge in [-0.2, -0.15) is 0 Å². The van der Waals surface area contributed by atoms with E-state index in [1.807, 2.05) is 0 Å². The molecule has 2 amide bonds. The molecular weight excluding hydrogens is 281 g/mol. The molecule has 10 heteroatoms. The molecule has 0 radical (unpaired) electrons. The van der Waals surface area contributed by atoms with Gasteiger partial charge in [-0.3, -0.25) is 9.59 Å². The Labute approximate surface area is 118 Å². The van der Waals surface area contributed by atoms with Gasteiger partial charge in [0.15, 0.2) is 0 Å². The van der Waals surface area contributed by atoms with Crippen LogP contribution in [-0.2, 0) is 9.59 Å². The van der Waals surface area contributed by atoms with Gasteiger partial charge in [0.25, 0.3) is 0 Å². The van der Waals surface area contributed by atoms with Crippen molar-refractivity contribution in [2.45, 2.75) is 0 Å². The average molecular weight is 293 g/mol. The largest absolute Gasteiger partial charge is 0.346 e. The lowest BCUT2D eigenvalue weighted by Crippen LogP contribution is -2.36. The van der Waals surface area contributed by atoms with Gasteiger partial charge in [0.2, 0.25) is 11.8 Å². The summed E-state index contributed by atoms with van der Waals surface area (Å²) in [5, 5.41) is 15.2. The Balaban J connectivity index is 2.07. The standard InChI is InChI=1S/C11H12FN7O2/c12-8-2-1-7(19-6-15-17-18-19)3-9(8)16-11(21)5-14-10(20)4-13/h1-3,6H,4-5,13H2,(H,14,20)(H,16,21). The van der Waals surface area contributed by atoms with Gasteiger partial charge in [0.05, 0.1) is 24.5 Å². The second-order valence-corrected chi connectivity index (χ2v) is 3.95. The molecule has 0 saturated carbocycles. The average Bonchev–Trinajstić information content (AvgIpc) is 3.01. The highest BCUT2D eigenvalue weighted by molar-refractivity contribution is 5.95. The summed E-state index contributed by atoms with van der Waals surface area (Å²) in [6.45, 7) is -0.527. The number of carbonyl (C=O) groups excluding carboxylic acids is 2. The Kier molecular flexibility index (Phi) is 4.51. The number of benzene rings is 1. The van der Waals surface area contributed by atoms with Gasteiger partial charge in [0.1, 0.15) is 12.1 Å². The normalized spacial score (nSPS) is 10.2. The van der Waals surface area contributed by atoms with Crippen LogP contribution in [0, 0.1) is 5.82 Å². The number of hydrogen-bond acceptors (Lipinski definition) is 6. The fourth-order valence-electron chi connectivity index (χ4n) is 1.48. The van der Waals surface area contributed by atoms with Gasteiger partial charge in [-0.15, -0.1) is 5.10 Å². The number of halogens is 1. The molecule has 110 valence electrons. The molecule has 0 bridgehead atoms. The number of nitrogens with zero attached hydrogens (tertiary/aromatic N) is 4. The Bertz CT molecular complexity index is 644. The zero-order valence-corrected chi connectivity index (χ0v) is 10.8. The number of anilines is 1. The highest BCUT2D eigenvalue weighted by Gasteiger charge is 2.10. The molecule has 0 saturated heterocycles. The predicted octanol–water partition coefficient (Wildman–Crippen LogP) is -1.19. The van der Waals surface area contributed by atoms with Crippen LogP contribution in [0.5, 0.6) is 0 Å². The minimum absolute atomic E-state index is 0.0463. The summed E-state index contributed by atoms with van der Waals surface area (Å²) >= 11 is 0. The quantitative estimate of drug-likeness (QED) is 0.636. The van der Waals surface area contributed by atoms with Crippen LogP contribution in [0.15, 0.2) is 24.5 Å². The Morgan fingerprint density at radius 1 is 1.33 bits per heavy atom. The highest BCUT2D eigenvalue weighted by Crippen LogP contribution is 2.18. The number of hydrogen-bond donors (Lipinski definition) is 3. The van der Waals surface area contributed by atoms with Crippen molar-refractivity contribution < 1.29 is 14.0 Å². The first kappa shape index (κ1) is 14.5. The third kappa shape index (κ3) is 3.79. The van der Waals surface area contributed by atoms with Gasteiger partial charge in [-0.25, -0.2) is 9.07 Å². The first-order chi connectivity index (χ1) is 10.1. The van der Waals surface area contributed by atoms with E-state index in [4.69, 9.17) is 5.73 Å². The van der Waals surface area contributed by atoms with E-state index in [0.29, 0.717) is 5.69 Å². The molecule has 0 aliphatic rings. The van der Waals surface area contributed by atoms with Crippen molar-refractivity contribution in [2.24, 2.45) is 5.73 Å². The van der Waals surface area contributed by atoms with Crippen LogP contribution < -0.4 is 16.4 Å². The van der Waals surface area contributed by atoms with Crippen LogP contribution in [0.4, 0.5) is 10.1 Å². The van der Waals surface area contributed by atoms with Crippen LogP contribution in [-0.4, -0.2) is 45.1 Å². The van der Waals surface area contributed by atoms with Crippen LogP contribution in [0.1, 0.15) is 0 Å². The second-order valence-electron chi connectivity index (χ2n) is 3.95. The number of nitrogens with one attached hydrogen (secondary N) is 2. The lowest BCUT2D eigenvalue weighted by molar-refractivity contribution is -0.123.